The number of likely N-dealkylation sites (tertiary alicyclic amines) is 1. The molecule has 0 spiro atoms. The predicted octanol–water partition coefficient (Wildman–Crippen LogP) is 5.02. The standard InChI is InChI=1S/C34H40N3O8P/c1-24(2)32(35-29(38)20-21-31(39)40)34(42)37-22-12-19-28(37)33(41)36-30(23-25-13-6-3-7-14-25)46(43,44-26-15-8-4-9-16-26)45-27-17-10-5-11-18-27/h3-11,13-18,24,28,30,32H,12,19-23H2,1-2H3,(H,35,38)(H,36,41)(H,39,40)/t28-,30-,32-/m0/s1. The fourth-order valence-corrected chi connectivity index (χ4v) is 7.05. The topological polar surface area (TPSA) is 151 Å². The molecular formula is C34H40N3O8P. The molecule has 3 atom stereocenters. The van der Waals surface area contributed by atoms with E-state index in [1.807, 2.05) is 30.3 Å². The van der Waals surface area contributed by atoms with Crippen LogP contribution in [0.25, 0.3) is 0 Å². The van der Waals surface area contributed by atoms with Gasteiger partial charge in [-0.3, -0.25) is 19.2 Å². The molecule has 0 unspecified atom stereocenters. The summed E-state index contributed by atoms with van der Waals surface area (Å²) in [6.07, 6.45) is 0.381. The van der Waals surface area contributed by atoms with Crippen LogP contribution in [0.3, 0.4) is 0 Å². The van der Waals surface area contributed by atoms with Gasteiger partial charge in [0.1, 0.15) is 23.6 Å². The Bertz CT molecular complexity index is 1480. The lowest BCUT2D eigenvalue weighted by atomic mass is 10.0. The summed E-state index contributed by atoms with van der Waals surface area (Å²) in [4.78, 5) is 52.6. The predicted molar refractivity (Wildman–Crippen MR) is 172 cm³/mol. The van der Waals surface area contributed by atoms with Crippen LogP contribution < -0.4 is 19.7 Å². The molecule has 0 radical (unpaired) electrons. The molecule has 1 heterocycles. The Balaban J connectivity index is 1.61. The molecule has 0 saturated carbocycles. The molecule has 1 aliphatic rings. The molecule has 46 heavy (non-hydrogen) atoms. The Morgan fingerprint density at radius 3 is 1.91 bits per heavy atom. The van der Waals surface area contributed by atoms with Crippen molar-refractivity contribution in [2.24, 2.45) is 5.92 Å². The number of rotatable bonds is 15. The molecule has 1 saturated heterocycles. The molecule has 1 aliphatic heterocycles. The second-order valence-electron chi connectivity index (χ2n) is 11.4. The van der Waals surface area contributed by atoms with Crippen molar-refractivity contribution >= 4 is 31.3 Å². The van der Waals surface area contributed by atoms with Crippen LogP contribution in [0.5, 0.6) is 11.5 Å². The second-order valence-corrected chi connectivity index (χ2v) is 13.5. The monoisotopic (exact) mass is 649 g/mol. The van der Waals surface area contributed by atoms with Crippen LogP contribution in [0.4, 0.5) is 0 Å². The van der Waals surface area contributed by atoms with Gasteiger partial charge in [0.05, 0.1) is 6.42 Å². The van der Waals surface area contributed by atoms with E-state index in [4.69, 9.17) is 14.2 Å². The van der Waals surface area contributed by atoms with E-state index in [-0.39, 0.29) is 31.7 Å². The van der Waals surface area contributed by atoms with E-state index in [9.17, 15) is 23.7 Å². The molecule has 244 valence electrons. The number of carboxylic acids is 1. The third kappa shape index (κ3) is 9.44. The van der Waals surface area contributed by atoms with Gasteiger partial charge < -0.3 is 29.7 Å². The molecule has 0 aromatic heterocycles. The van der Waals surface area contributed by atoms with Gasteiger partial charge in [-0.05, 0) is 48.6 Å². The van der Waals surface area contributed by atoms with Gasteiger partial charge in [0.25, 0.3) is 0 Å². The van der Waals surface area contributed by atoms with E-state index in [1.165, 1.54) is 4.90 Å². The van der Waals surface area contributed by atoms with Gasteiger partial charge in [0.15, 0.2) is 5.78 Å². The Labute approximate surface area is 268 Å². The summed E-state index contributed by atoms with van der Waals surface area (Å²) in [5.41, 5.74) is 0.782. The number of carbonyl (C=O) groups is 4. The minimum Gasteiger partial charge on any atom is -0.481 e. The Morgan fingerprint density at radius 1 is 0.848 bits per heavy atom. The van der Waals surface area contributed by atoms with Crippen LogP contribution in [0.2, 0.25) is 0 Å². The van der Waals surface area contributed by atoms with Crippen LogP contribution in [-0.4, -0.2) is 58.1 Å². The summed E-state index contributed by atoms with van der Waals surface area (Å²) < 4.78 is 27.0. The number of para-hydroxylation sites is 2. The average Bonchev–Trinajstić information content (AvgIpc) is 3.54. The molecule has 3 aromatic carbocycles. The van der Waals surface area contributed by atoms with Crippen LogP contribution in [-0.2, 0) is 30.2 Å². The highest BCUT2D eigenvalue weighted by Crippen LogP contribution is 2.53. The minimum absolute atomic E-state index is 0.110. The van der Waals surface area contributed by atoms with Gasteiger partial charge in [-0.1, -0.05) is 80.6 Å². The largest absolute Gasteiger partial charge is 0.481 e. The van der Waals surface area contributed by atoms with Crippen molar-refractivity contribution in [2.75, 3.05) is 6.54 Å². The van der Waals surface area contributed by atoms with E-state index in [1.54, 1.807) is 74.5 Å². The molecule has 11 nitrogen and oxygen atoms in total. The van der Waals surface area contributed by atoms with Crippen molar-refractivity contribution < 1.29 is 37.9 Å². The van der Waals surface area contributed by atoms with Crippen molar-refractivity contribution in [1.29, 1.82) is 0 Å². The molecule has 3 amide bonds. The first-order chi connectivity index (χ1) is 22.1. The number of nitrogens with one attached hydrogen (secondary N) is 2. The summed E-state index contributed by atoms with van der Waals surface area (Å²) in [7, 11) is -4.19. The number of nitrogens with zero attached hydrogens (tertiary/aromatic N) is 1. The number of hydrogen-bond acceptors (Lipinski definition) is 7. The minimum atomic E-state index is -4.19. The molecule has 4 rings (SSSR count). The summed E-state index contributed by atoms with van der Waals surface area (Å²) in [5.74, 6) is -3.52. The van der Waals surface area contributed by atoms with Crippen molar-refractivity contribution in [3.8, 4) is 11.5 Å². The third-order valence-corrected chi connectivity index (χ3v) is 9.57. The van der Waals surface area contributed by atoms with Gasteiger partial charge in [0, 0.05) is 19.4 Å². The highest BCUT2D eigenvalue weighted by atomic mass is 31.2. The summed E-state index contributed by atoms with van der Waals surface area (Å²) in [6, 6.07) is 24.5. The van der Waals surface area contributed by atoms with E-state index in [0.29, 0.717) is 24.3 Å². The first kappa shape index (κ1) is 34.2. The second kappa shape index (κ2) is 16.1. The van der Waals surface area contributed by atoms with Gasteiger partial charge >= 0.3 is 13.6 Å². The fourth-order valence-electron chi connectivity index (χ4n) is 5.20. The van der Waals surface area contributed by atoms with Crippen molar-refractivity contribution in [3.05, 3.63) is 96.6 Å². The highest BCUT2D eigenvalue weighted by Gasteiger charge is 2.44. The summed E-state index contributed by atoms with van der Waals surface area (Å²) in [6.45, 7) is 3.81. The maximum Gasteiger partial charge on any atom is 0.453 e. The van der Waals surface area contributed by atoms with E-state index in [2.05, 4.69) is 10.6 Å². The van der Waals surface area contributed by atoms with Crippen molar-refractivity contribution in [3.63, 3.8) is 0 Å². The van der Waals surface area contributed by atoms with Crippen molar-refractivity contribution in [2.45, 2.75) is 63.8 Å². The molecule has 0 bridgehead atoms. The normalized spacial score (nSPS) is 15.9. The van der Waals surface area contributed by atoms with Gasteiger partial charge in [-0.2, -0.15) is 0 Å². The fraction of sp³-hybridized carbons (Fsp3) is 0.353. The maximum absolute atomic E-state index is 14.8. The van der Waals surface area contributed by atoms with Crippen LogP contribution >= 0.6 is 7.60 Å². The maximum atomic E-state index is 14.8. The third-order valence-electron chi connectivity index (χ3n) is 7.57. The van der Waals surface area contributed by atoms with Crippen LogP contribution in [0, 0.1) is 5.92 Å². The number of aliphatic carboxylic acids is 1. The van der Waals surface area contributed by atoms with Crippen LogP contribution in [0.1, 0.15) is 45.1 Å². The number of carbonyl (C=O) groups excluding carboxylic acids is 3. The molecule has 0 aliphatic carbocycles. The molecule has 1 fully saturated rings. The molecule has 3 aromatic rings. The zero-order valence-electron chi connectivity index (χ0n) is 25.9. The Hall–Kier alpha value is -4.63. The van der Waals surface area contributed by atoms with Gasteiger partial charge in [-0.25, -0.2) is 4.57 Å². The summed E-state index contributed by atoms with van der Waals surface area (Å²) in [5, 5.41) is 14.5. The number of benzene rings is 3. The van der Waals surface area contributed by atoms with E-state index in [0.717, 1.165) is 5.56 Å². The first-order valence-electron chi connectivity index (χ1n) is 15.3. The first-order valence-corrected chi connectivity index (χ1v) is 16.9. The van der Waals surface area contributed by atoms with E-state index >= 15 is 0 Å². The smallest absolute Gasteiger partial charge is 0.453 e. The number of hydrogen-bond donors (Lipinski definition) is 3. The molecule has 3 N–H and O–H groups in total. The van der Waals surface area contributed by atoms with Gasteiger partial charge in [-0.15, -0.1) is 0 Å². The van der Waals surface area contributed by atoms with Crippen LogP contribution in [0.15, 0.2) is 91.0 Å². The quantitative estimate of drug-likeness (QED) is 0.194. The zero-order chi connectivity index (χ0) is 33.1. The lowest BCUT2D eigenvalue weighted by Gasteiger charge is -2.33. The highest BCUT2D eigenvalue weighted by molar-refractivity contribution is 7.55. The zero-order valence-corrected chi connectivity index (χ0v) is 26.8. The molecule has 12 heteroatoms. The Kier molecular flexibility index (Phi) is 12.0. The van der Waals surface area contributed by atoms with Gasteiger partial charge in [0.2, 0.25) is 17.7 Å². The number of carboxylic acid groups (broad SMARTS) is 1. The SMILES string of the molecule is CC(C)[C@H](NC(=O)CCC(=O)O)C(=O)N1CCC[C@H]1C(=O)N[C@H](Cc1ccccc1)P(=O)(Oc1ccccc1)Oc1ccccc1. The lowest BCUT2D eigenvalue weighted by Crippen LogP contribution is -2.56. The lowest BCUT2D eigenvalue weighted by molar-refractivity contribution is -0.143. The van der Waals surface area contributed by atoms with E-state index < -0.39 is 49.2 Å². The summed E-state index contributed by atoms with van der Waals surface area (Å²) >= 11 is 0. The average molecular weight is 650 g/mol. The number of amides is 3. The Morgan fingerprint density at radius 2 is 1.39 bits per heavy atom. The molecular weight excluding hydrogens is 609 g/mol. The van der Waals surface area contributed by atoms with Crippen molar-refractivity contribution in [1.82, 2.24) is 15.5 Å².